The summed E-state index contributed by atoms with van der Waals surface area (Å²) in [4.78, 5) is 15.4. The molecule has 4 nitrogen and oxygen atoms in total. The number of halogens is 2. The van der Waals surface area contributed by atoms with Crippen LogP contribution in [-0.2, 0) is 4.79 Å². The van der Waals surface area contributed by atoms with Gasteiger partial charge in [-0.2, -0.15) is 0 Å². The molecule has 0 bridgehead atoms. The number of aliphatic hydroxyl groups is 1. The first-order chi connectivity index (χ1) is 17.1. The molecule has 2 atom stereocenters. The van der Waals surface area contributed by atoms with Crippen molar-refractivity contribution in [2.24, 2.45) is 0 Å². The van der Waals surface area contributed by atoms with Gasteiger partial charge in [0.25, 0.3) is 5.91 Å². The van der Waals surface area contributed by atoms with Crippen LogP contribution in [0.15, 0.2) is 107 Å². The first kappa shape index (κ1) is 27.7. The van der Waals surface area contributed by atoms with Crippen LogP contribution in [-0.4, -0.2) is 42.2 Å². The molecule has 0 saturated heterocycles. The minimum absolute atomic E-state index is 0.242. The van der Waals surface area contributed by atoms with Crippen LogP contribution in [0, 0.1) is 0 Å². The van der Waals surface area contributed by atoms with E-state index in [1.807, 2.05) is 74.5 Å². The van der Waals surface area contributed by atoms with Gasteiger partial charge >= 0.3 is 0 Å². The number of carbonyl (C=O) groups is 1. The zero-order chi connectivity index (χ0) is 26.3. The Morgan fingerprint density at radius 2 is 1.89 bits per heavy atom. The van der Waals surface area contributed by atoms with Crippen molar-refractivity contribution in [3.63, 3.8) is 0 Å². The Labute approximate surface area is 226 Å². The van der Waals surface area contributed by atoms with E-state index >= 15 is 0 Å². The summed E-state index contributed by atoms with van der Waals surface area (Å²) >= 11 is 9.57. The SMILES string of the molecule is C=C(C(=O)N/C=C(\C)c1ccc(Cl)cc1)C(c1ccccc1)C(O)(CCN(C)C)C1=C=C=CC=C1Br. The molecule has 36 heavy (non-hydrogen) atoms. The fourth-order valence-corrected chi connectivity index (χ4v) is 4.80. The van der Waals surface area contributed by atoms with Gasteiger partial charge in [-0.1, -0.05) is 72.1 Å². The average molecular weight is 566 g/mol. The monoisotopic (exact) mass is 564 g/mol. The molecular weight excluding hydrogens is 536 g/mol. The molecule has 0 radical (unpaired) electrons. The molecule has 6 heteroatoms. The summed E-state index contributed by atoms with van der Waals surface area (Å²) < 4.78 is 0.690. The molecule has 186 valence electrons. The number of benzene rings is 2. The Kier molecular flexibility index (Phi) is 9.53. The van der Waals surface area contributed by atoms with Gasteiger partial charge in [0.05, 0.1) is 0 Å². The molecule has 0 spiro atoms. The average Bonchev–Trinajstić information content (AvgIpc) is 2.87. The van der Waals surface area contributed by atoms with E-state index in [0.717, 1.165) is 16.7 Å². The van der Waals surface area contributed by atoms with Gasteiger partial charge in [-0.25, -0.2) is 0 Å². The van der Waals surface area contributed by atoms with Crippen LogP contribution in [0.25, 0.3) is 5.57 Å². The highest BCUT2D eigenvalue weighted by Crippen LogP contribution is 2.45. The Hall–Kier alpha value is -2.88. The quantitative estimate of drug-likeness (QED) is 0.260. The van der Waals surface area contributed by atoms with Crippen LogP contribution in [0.5, 0.6) is 0 Å². The van der Waals surface area contributed by atoms with Crippen LogP contribution in [0.1, 0.15) is 30.4 Å². The molecule has 2 unspecified atom stereocenters. The number of nitrogens with one attached hydrogen (secondary N) is 1. The van der Waals surface area contributed by atoms with Crippen molar-refractivity contribution in [1.82, 2.24) is 10.2 Å². The molecule has 0 fully saturated rings. The van der Waals surface area contributed by atoms with Crippen molar-refractivity contribution in [2.45, 2.75) is 24.9 Å². The van der Waals surface area contributed by atoms with Gasteiger partial charge in [-0.3, -0.25) is 4.79 Å². The number of carbonyl (C=O) groups excluding carboxylic acids is 1. The fourth-order valence-electron chi connectivity index (χ4n) is 4.10. The molecule has 0 aliphatic heterocycles. The molecule has 1 aliphatic rings. The van der Waals surface area contributed by atoms with Crippen LogP contribution >= 0.6 is 27.5 Å². The van der Waals surface area contributed by atoms with E-state index in [-0.39, 0.29) is 11.5 Å². The summed E-state index contributed by atoms with van der Waals surface area (Å²) in [6, 6.07) is 16.9. The predicted octanol–water partition coefficient (Wildman–Crippen LogP) is 6.37. The van der Waals surface area contributed by atoms with Gasteiger partial charge < -0.3 is 15.3 Å². The number of hydrogen-bond acceptors (Lipinski definition) is 3. The lowest BCUT2D eigenvalue weighted by Crippen LogP contribution is -2.44. The van der Waals surface area contributed by atoms with E-state index in [0.29, 0.717) is 28.0 Å². The zero-order valence-electron chi connectivity index (χ0n) is 20.7. The zero-order valence-corrected chi connectivity index (χ0v) is 23.0. The second-order valence-electron chi connectivity index (χ2n) is 8.98. The van der Waals surface area contributed by atoms with Crippen molar-refractivity contribution >= 4 is 39.0 Å². The van der Waals surface area contributed by atoms with Crippen LogP contribution in [0.2, 0.25) is 5.02 Å². The van der Waals surface area contributed by atoms with Crippen molar-refractivity contribution in [2.75, 3.05) is 20.6 Å². The van der Waals surface area contributed by atoms with E-state index < -0.39 is 11.5 Å². The number of hydrogen-bond donors (Lipinski definition) is 2. The topological polar surface area (TPSA) is 52.6 Å². The van der Waals surface area contributed by atoms with E-state index in [1.54, 1.807) is 24.4 Å². The molecule has 0 aromatic heterocycles. The summed E-state index contributed by atoms with van der Waals surface area (Å²) in [5, 5.41) is 15.9. The number of rotatable bonds is 10. The predicted molar refractivity (Wildman–Crippen MR) is 152 cm³/mol. The van der Waals surface area contributed by atoms with Crippen LogP contribution < -0.4 is 5.32 Å². The molecule has 2 N–H and O–H groups in total. The Morgan fingerprint density at radius 1 is 1.22 bits per heavy atom. The lowest BCUT2D eigenvalue weighted by atomic mass is 9.71. The van der Waals surface area contributed by atoms with E-state index in [1.165, 1.54) is 0 Å². The number of amides is 1. The highest BCUT2D eigenvalue weighted by atomic mass is 79.9. The molecule has 2 aromatic carbocycles. The third kappa shape index (κ3) is 6.66. The van der Waals surface area contributed by atoms with Crippen molar-refractivity contribution < 1.29 is 9.90 Å². The smallest absolute Gasteiger partial charge is 0.251 e. The van der Waals surface area contributed by atoms with Gasteiger partial charge in [0.1, 0.15) is 5.60 Å². The minimum atomic E-state index is -1.48. The molecule has 3 rings (SSSR count). The van der Waals surface area contributed by atoms with Crippen molar-refractivity contribution in [3.05, 3.63) is 123 Å². The summed E-state index contributed by atoms with van der Waals surface area (Å²) in [6.07, 6.45) is 5.54. The lowest BCUT2D eigenvalue weighted by molar-refractivity contribution is -0.117. The Morgan fingerprint density at radius 3 is 2.50 bits per heavy atom. The summed E-state index contributed by atoms with van der Waals surface area (Å²) in [6.45, 7) is 6.66. The first-order valence-electron chi connectivity index (χ1n) is 11.6. The van der Waals surface area contributed by atoms with Crippen molar-refractivity contribution in [1.29, 1.82) is 0 Å². The number of nitrogens with zero attached hydrogens (tertiary/aromatic N) is 1. The van der Waals surface area contributed by atoms with E-state index in [9.17, 15) is 9.90 Å². The highest BCUT2D eigenvalue weighted by molar-refractivity contribution is 9.12. The van der Waals surface area contributed by atoms with Crippen LogP contribution in [0.4, 0.5) is 0 Å². The molecule has 2 aromatic rings. The summed E-state index contributed by atoms with van der Waals surface area (Å²) in [5.74, 6) is -1.11. The fraction of sp³-hybridized carbons (Fsp3) is 0.233. The Bertz CT molecular complexity index is 1280. The molecular formula is C30H30BrClN2O2. The third-order valence-electron chi connectivity index (χ3n) is 6.09. The van der Waals surface area contributed by atoms with Gasteiger partial charge in [-0.15, -0.1) is 0 Å². The molecule has 0 saturated carbocycles. The van der Waals surface area contributed by atoms with Crippen LogP contribution in [0.3, 0.4) is 0 Å². The van der Waals surface area contributed by atoms with E-state index in [4.69, 9.17) is 11.6 Å². The molecule has 0 heterocycles. The maximum absolute atomic E-state index is 13.4. The first-order valence-corrected chi connectivity index (χ1v) is 12.7. The Balaban J connectivity index is 2.02. The normalized spacial score (nSPS) is 15.7. The maximum Gasteiger partial charge on any atom is 0.251 e. The lowest BCUT2D eigenvalue weighted by Gasteiger charge is -2.39. The second-order valence-corrected chi connectivity index (χ2v) is 10.3. The summed E-state index contributed by atoms with van der Waals surface area (Å²) in [5.41, 5.74) is 7.91. The second kappa shape index (κ2) is 12.4. The van der Waals surface area contributed by atoms with E-state index in [2.05, 4.69) is 39.3 Å². The molecule has 1 amide bonds. The van der Waals surface area contributed by atoms with Crippen molar-refractivity contribution in [3.8, 4) is 0 Å². The van der Waals surface area contributed by atoms with Gasteiger partial charge in [0.15, 0.2) is 0 Å². The number of allylic oxidation sites excluding steroid dienone is 3. The van der Waals surface area contributed by atoms with Gasteiger partial charge in [0.2, 0.25) is 0 Å². The minimum Gasteiger partial charge on any atom is -0.383 e. The standard InChI is InChI=1S/C30H30BrClN2O2/c1-21(23-14-16-25(32)17-15-23)20-33-29(35)22(2)28(24-10-6-5-7-11-24)30(36,18-19-34(3)4)26-12-8-9-13-27(26)31/h5-7,9-11,13-17,20,28,36H,2,18-19H2,1,3-4H3,(H,33,35)/b21-20+. The maximum atomic E-state index is 13.4. The van der Waals surface area contributed by atoms with Gasteiger partial charge in [-0.05, 0) is 84.4 Å². The van der Waals surface area contributed by atoms with Gasteiger partial charge in [0, 0.05) is 39.3 Å². The molecule has 1 aliphatic carbocycles. The summed E-state index contributed by atoms with van der Waals surface area (Å²) in [7, 11) is 3.89. The largest absolute Gasteiger partial charge is 0.383 e. The third-order valence-corrected chi connectivity index (χ3v) is 7.00. The highest BCUT2D eigenvalue weighted by Gasteiger charge is 2.45.